The molecule has 1 amide bonds. The quantitative estimate of drug-likeness (QED) is 0.390. The second-order valence-corrected chi connectivity index (χ2v) is 9.99. The number of aliphatic hydroxyl groups is 1. The van der Waals surface area contributed by atoms with Gasteiger partial charge in [0.2, 0.25) is 5.78 Å². The van der Waals surface area contributed by atoms with Crippen LogP contribution in [0.25, 0.3) is 0 Å². The standard InChI is InChI=1S/C24H23N3O5S2/c1-6-14-7-9-15(10-8-14)17-16(18(28)20-11(2)25-13(4)33-20)19(29)22(30)27(17)24-26-12(3)21(34-24)23(31)32-5/h7-10,17,29H,6H2,1-5H3. The molecule has 1 aliphatic rings. The van der Waals surface area contributed by atoms with Gasteiger partial charge in [-0.2, -0.15) is 0 Å². The molecule has 8 nitrogen and oxygen atoms in total. The molecule has 1 atom stereocenters. The smallest absolute Gasteiger partial charge is 0.350 e. The van der Waals surface area contributed by atoms with E-state index in [9.17, 15) is 19.5 Å². The molecule has 1 aliphatic heterocycles. The molecule has 3 heterocycles. The van der Waals surface area contributed by atoms with Crippen molar-refractivity contribution in [2.24, 2.45) is 0 Å². The van der Waals surface area contributed by atoms with E-state index in [2.05, 4.69) is 9.97 Å². The van der Waals surface area contributed by atoms with Gasteiger partial charge >= 0.3 is 5.97 Å². The summed E-state index contributed by atoms with van der Waals surface area (Å²) < 4.78 is 4.82. The van der Waals surface area contributed by atoms with Crippen LogP contribution in [0.4, 0.5) is 5.13 Å². The van der Waals surface area contributed by atoms with Gasteiger partial charge in [0.25, 0.3) is 5.91 Å². The van der Waals surface area contributed by atoms with Crippen molar-refractivity contribution in [3.05, 3.63) is 72.9 Å². The summed E-state index contributed by atoms with van der Waals surface area (Å²) in [6.07, 6.45) is 0.827. The number of hydrogen-bond acceptors (Lipinski definition) is 9. The minimum absolute atomic E-state index is 0.0338. The molecule has 2 aromatic heterocycles. The Kier molecular flexibility index (Phi) is 6.37. The Labute approximate surface area is 204 Å². The van der Waals surface area contributed by atoms with Crippen LogP contribution in [0.1, 0.15) is 59.8 Å². The third-order valence-corrected chi connectivity index (χ3v) is 7.84. The van der Waals surface area contributed by atoms with E-state index in [4.69, 9.17) is 4.74 Å². The maximum atomic E-state index is 13.6. The fourth-order valence-corrected chi connectivity index (χ4v) is 5.80. The lowest BCUT2D eigenvalue weighted by atomic mass is 9.94. The molecule has 0 spiro atoms. The number of ketones is 1. The van der Waals surface area contributed by atoms with E-state index in [1.807, 2.05) is 31.2 Å². The van der Waals surface area contributed by atoms with Gasteiger partial charge in [-0.15, -0.1) is 11.3 Å². The summed E-state index contributed by atoms with van der Waals surface area (Å²) in [6, 6.07) is 6.60. The highest BCUT2D eigenvalue weighted by atomic mass is 32.1. The first-order chi connectivity index (χ1) is 16.2. The van der Waals surface area contributed by atoms with Gasteiger partial charge in [-0.05, 0) is 38.3 Å². The van der Waals surface area contributed by atoms with Crippen molar-refractivity contribution < 1.29 is 24.2 Å². The molecule has 0 fully saturated rings. The highest BCUT2D eigenvalue weighted by Gasteiger charge is 2.46. The molecule has 0 radical (unpaired) electrons. The largest absolute Gasteiger partial charge is 0.503 e. The summed E-state index contributed by atoms with van der Waals surface area (Å²) in [5.41, 5.74) is 2.63. The lowest BCUT2D eigenvalue weighted by Gasteiger charge is -2.24. The van der Waals surface area contributed by atoms with E-state index in [0.29, 0.717) is 26.8 Å². The number of thiazole rings is 2. The van der Waals surface area contributed by atoms with Crippen LogP contribution in [-0.2, 0) is 16.0 Å². The molecule has 10 heteroatoms. The van der Waals surface area contributed by atoms with E-state index >= 15 is 0 Å². The van der Waals surface area contributed by atoms with Crippen molar-refractivity contribution in [3.63, 3.8) is 0 Å². The minimum atomic E-state index is -0.913. The van der Waals surface area contributed by atoms with E-state index in [0.717, 1.165) is 23.3 Å². The molecule has 0 saturated carbocycles. The Balaban J connectivity index is 1.88. The van der Waals surface area contributed by atoms with Gasteiger partial charge in [0.15, 0.2) is 10.9 Å². The molecule has 34 heavy (non-hydrogen) atoms. The highest BCUT2D eigenvalue weighted by Crippen LogP contribution is 2.44. The third kappa shape index (κ3) is 3.92. The molecule has 176 valence electrons. The van der Waals surface area contributed by atoms with Crippen LogP contribution in [0.2, 0.25) is 0 Å². The predicted molar refractivity (Wildman–Crippen MR) is 130 cm³/mol. The number of hydrogen-bond donors (Lipinski definition) is 1. The van der Waals surface area contributed by atoms with Crippen molar-refractivity contribution in [3.8, 4) is 0 Å². The Morgan fingerprint density at radius 1 is 1.06 bits per heavy atom. The van der Waals surface area contributed by atoms with E-state index < -0.39 is 29.5 Å². The zero-order valence-corrected chi connectivity index (χ0v) is 21.0. The maximum Gasteiger partial charge on any atom is 0.350 e. The molecular weight excluding hydrogens is 474 g/mol. The van der Waals surface area contributed by atoms with Crippen molar-refractivity contribution in [2.45, 2.75) is 40.2 Å². The first-order valence-corrected chi connectivity index (χ1v) is 12.2. The van der Waals surface area contributed by atoms with Crippen molar-refractivity contribution >= 4 is 45.5 Å². The summed E-state index contributed by atoms with van der Waals surface area (Å²) in [4.78, 5) is 49.7. The second-order valence-electron chi connectivity index (χ2n) is 7.81. The summed E-state index contributed by atoms with van der Waals surface area (Å²) in [6.45, 7) is 7.19. The number of amides is 1. The van der Waals surface area contributed by atoms with Crippen molar-refractivity contribution in [1.82, 2.24) is 9.97 Å². The Hall–Kier alpha value is -3.37. The van der Waals surface area contributed by atoms with Gasteiger partial charge in [-0.3, -0.25) is 14.5 Å². The fraction of sp³-hybridized carbons (Fsp3) is 0.292. The second kappa shape index (κ2) is 9.11. The van der Waals surface area contributed by atoms with Gasteiger partial charge in [0, 0.05) is 0 Å². The zero-order valence-electron chi connectivity index (χ0n) is 19.3. The Morgan fingerprint density at radius 2 is 1.71 bits per heavy atom. The van der Waals surface area contributed by atoms with Gasteiger partial charge in [-0.1, -0.05) is 42.5 Å². The summed E-state index contributed by atoms with van der Waals surface area (Å²) in [5.74, 6) is -2.41. The number of esters is 1. The third-order valence-electron chi connectivity index (χ3n) is 5.63. The number of aromatic nitrogens is 2. The minimum Gasteiger partial charge on any atom is -0.503 e. The van der Waals surface area contributed by atoms with E-state index in [1.165, 1.54) is 23.3 Å². The first-order valence-electron chi connectivity index (χ1n) is 10.6. The Bertz CT molecular complexity index is 1340. The van der Waals surface area contributed by atoms with E-state index in [-0.39, 0.29) is 15.6 Å². The maximum absolute atomic E-state index is 13.6. The zero-order chi connectivity index (χ0) is 24.7. The van der Waals surface area contributed by atoms with Crippen LogP contribution in [0, 0.1) is 20.8 Å². The number of Topliss-reactive ketones (excluding diaryl/α,β-unsaturated/α-hetero) is 1. The molecule has 0 saturated heterocycles. The molecule has 1 N–H and O–H groups in total. The average molecular weight is 498 g/mol. The van der Waals surface area contributed by atoms with E-state index in [1.54, 1.807) is 20.8 Å². The fourth-order valence-electron chi connectivity index (χ4n) is 3.92. The van der Waals surface area contributed by atoms with Gasteiger partial charge in [-0.25, -0.2) is 14.8 Å². The van der Waals surface area contributed by atoms with Gasteiger partial charge < -0.3 is 9.84 Å². The SMILES string of the molecule is CCc1ccc(C2C(C(=O)c3sc(C)nc3C)=C(O)C(=O)N2c2nc(C)c(C(=O)OC)s2)cc1. The molecule has 1 aromatic carbocycles. The van der Waals surface area contributed by atoms with Crippen LogP contribution < -0.4 is 4.90 Å². The van der Waals surface area contributed by atoms with Gasteiger partial charge in [0.05, 0.1) is 40.0 Å². The predicted octanol–water partition coefficient (Wildman–Crippen LogP) is 4.66. The van der Waals surface area contributed by atoms with Crippen LogP contribution in [0.15, 0.2) is 35.6 Å². The lowest BCUT2D eigenvalue weighted by Crippen LogP contribution is -2.31. The molecule has 1 unspecified atom stereocenters. The van der Waals surface area contributed by atoms with Crippen molar-refractivity contribution in [1.29, 1.82) is 0 Å². The number of carbonyl (C=O) groups is 3. The molecule has 0 aliphatic carbocycles. The number of aryl methyl sites for hydroxylation is 4. The van der Waals surface area contributed by atoms with Crippen LogP contribution in [0.5, 0.6) is 0 Å². The number of aliphatic hydroxyl groups excluding tert-OH is 1. The summed E-state index contributed by atoms with van der Waals surface area (Å²) in [5, 5.41) is 11.8. The highest BCUT2D eigenvalue weighted by molar-refractivity contribution is 7.17. The molecule has 3 aromatic rings. The molecular formula is C24H23N3O5S2. The molecule has 0 bridgehead atoms. The topological polar surface area (TPSA) is 110 Å². The lowest BCUT2D eigenvalue weighted by molar-refractivity contribution is -0.117. The number of carbonyl (C=O) groups excluding carboxylic acids is 3. The van der Waals surface area contributed by atoms with Gasteiger partial charge in [0.1, 0.15) is 4.88 Å². The number of rotatable bonds is 6. The number of anilines is 1. The number of methoxy groups -OCH3 is 1. The number of ether oxygens (including phenoxy) is 1. The van der Waals surface area contributed by atoms with Crippen LogP contribution in [0.3, 0.4) is 0 Å². The van der Waals surface area contributed by atoms with Crippen molar-refractivity contribution in [2.75, 3.05) is 12.0 Å². The normalized spacial score (nSPS) is 15.9. The Morgan fingerprint density at radius 3 is 2.26 bits per heavy atom. The number of nitrogens with zero attached hydrogens (tertiary/aromatic N) is 3. The molecule has 4 rings (SSSR count). The average Bonchev–Trinajstić information content (AvgIpc) is 3.45. The van der Waals surface area contributed by atoms with Crippen LogP contribution >= 0.6 is 22.7 Å². The summed E-state index contributed by atoms with van der Waals surface area (Å²) in [7, 11) is 1.27. The first kappa shape index (κ1) is 23.8. The number of benzene rings is 1. The van der Waals surface area contributed by atoms with Crippen LogP contribution in [-0.4, -0.2) is 39.8 Å². The monoisotopic (exact) mass is 497 g/mol. The summed E-state index contributed by atoms with van der Waals surface area (Å²) >= 11 is 2.20.